The number of benzene rings is 1. The molecular formula is C33H55N3O6. The van der Waals surface area contributed by atoms with Crippen LogP contribution in [0.4, 0.5) is 0 Å². The van der Waals surface area contributed by atoms with Crippen LogP contribution >= 0.6 is 0 Å². The van der Waals surface area contributed by atoms with E-state index in [2.05, 4.69) is 19.2 Å². The molecule has 1 aliphatic rings. The number of nitrogens with zero attached hydrogens (tertiary/aromatic N) is 2. The first kappa shape index (κ1) is 35.7. The van der Waals surface area contributed by atoms with Gasteiger partial charge < -0.3 is 29.7 Å². The highest BCUT2D eigenvalue weighted by Crippen LogP contribution is 2.30. The standard InChI is InChI=1S/C33H55N3O6/c1-10-22(4)30(35(7)28(37)19-21(2)3)27(41-8)20-29(38)36-18-14-17-26(36)32(42-9)23(5)33(40)34-24(6)31(39)25-15-12-11-13-16-25/h11-13,15-16,21-24,26-27,30-32,39H,10,14,17-20H2,1-9H3,(H,34,40)/t22-,23+,24+,26-,27?,30-,31+,32+/m0/s1. The Balaban J connectivity index is 2.15. The SMILES string of the molecule is CC[C@H](C)[C@@H](C(CC(=O)N1CCC[C@H]1[C@H](OC)[C@@H](C)C(=O)N[C@H](C)[C@@H](O)c1ccccc1)OC)N(C)C(=O)CC(C)C. The number of ether oxygens (including phenoxy) is 2. The van der Waals surface area contributed by atoms with E-state index < -0.39 is 30.3 Å². The molecule has 1 saturated heterocycles. The van der Waals surface area contributed by atoms with Gasteiger partial charge in [0.1, 0.15) is 0 Å². The van der Waals surface area contributed by atoms with Crippen molar-refractivity contribution in [2.45, 2.75) is 110 Å². The average Bonchev–Trinajstić information content (AvgIpc) is 3.46. The summed E-state index contributed by atoms with van der Waals surface area (Å²) in [6.07, 6.45) is 1.15. The summed E-state index contributed by atoms with van der Waals surface area (Å²) >= 11 is 0. The van der Waals surface area contributed by atoms with Gasteiger partial charge in [0.25, 0.3) is 0 Å². The Morgan fingerprint density at radius 1 is 1.05 bits per heavy atom. The fourth-order valence-corrected chi connectivity index (χ4v) is 6.19. The summed E-state index contributed by atoms with van der Waals surface area (Å²) in [6, 6.07) is 8.22. The molecule has 1 heterocycles. The summed E-state index contributed by atoms with van der Waals surface area (Å²) in [4.78, 5) is 43.7. The van der Waals surface area contributed by atoms with Gasteiger partial charge in [0.2, 0.25) is 17.7 Å². The first-order valence-electron chi connectivity index (χ1n) is 15.5. The molecule has 1 aromatic rings. The van der Waals surface area contributed by atoms with Crippen LogP contribution in [0.5, 0.6) is 0 Å². The first-order chi connectivity index (χ1) is 19.9. The second-order valence-corrected chi connectivity index (χ2v) is 12.4. The number of carbonyl (C=O) groups excluding carboxylic acids is 3. The molecule has 0 radical (unpaired) electrons. The van der Waals surface area contributed by atoms with Crippen molar-refractivity contribution in [3.63, 3.8) is 0 Å². The maximum absolute atomic E-state index is 13.8. The minimum absolute atomic E-state index is 0.0507. The zero-order valence-electron chi connectivity index (χ0n) is 27.2. The summed E-state index contributed by atoms with van der Waals surface area (Å²) in [7, 11) is 4.99. The van der Waals surface area contributed by atoms with E-state index in [1.807, 2.05) is 56.1 Å². The Hall–Kier alpha value is -2.49. The van der Waals surface area contributed by atoms with Crippen LogP contribution in [0.25, 0.3) is 0 Å². The van der Waals surface area contributed by atoms with E-state index in [1.165, 1.54) is 0 Å². The molecule has 8 atom stereocenters. The van der Waals surface area contributed by atoms with Crippen LogP contribution in [0.2, 0.25) is 0 Å². The van der Waals surface area contributed by atoms with Crippen LogP contribution in [0.3, 0.4) is 0 Å². The number of amides is 3. The summed E-state index contributed by atoms with van der Waals surface area (Å²) in [5.74, 6) is -0.424. The van der Waals surface area contributed by atoms with Crippen molar-refractivity contribution in [2.75, 3.05) is 27.8 Å². The molecule has 0 aliphatic carbocycles. The van der Waals surface area contributed by atoms with Crippen molar-refractivity contribution >= 4 is 17.7 Å². The molecule has 0 spiro atoms. The molecular weight excluding hydrogens is 534 g/mol. The molecule has 9 nitrogen and oxygen atoms in total. The molecule has 3 amide bonds. The third-order valence-corrected chi connectivity index (χ3v) is 8.87. The number of nitrogens with one attached hydrogen (secondary N) is 1. The number of likely N-dealkylation sites (tertiary alicyclic amines) is 1. The monoisotopic (exact) mass is 589 g/mol. The van der Waals surface area contributed by atoms with E-state index in [0.29, 0.717) is 13.0 Å². The van der Waals surface area contributed by atoms with Gasteiger partial charge in [0.15, 0.2) is 0 Å². The highest BCUT2D eigenvalue weighted by atomic mass is 16.5. The van der Waals surface area contributed by atoms with Crippen molar-refractivity contribution in [2.24, 2.45) is 17.8 Å². The van der Waals surface area contributed by atoms with Gasteiger partial charge in [0.05, 0.1) is 48.8 Å². The zero-order chi connectivity index (χ0) is 31.6. The van der Waals surface area contributed by atoms with Gasteiger partial charge >= 0.3 is 0 Å². The predicted octanol–water partition coefficient (Wildman–Crippen LogP) is 4.19. The minimum atomic E-state index is -0.845. The highest BCUT2D eigenvalue weighted by Gasteiger charge is 2.42. The maximum atomic E-state index is 13.8. The number of aliphatic hydroxyl groups is 1. The third kappa shape index (κ3) is 9.25. The van der Waals surface area contributed by atoms with Gasteiger partial charge in [-0.1, -0.05) is 71.4 Å². The van der Waals surface area contributed by atoms with Crippen LogP contribution < -0.4 is 5.32 Å². The van der Waals surface area contributed by atoms with Gasteiger partial charge in [-0.05, 0) is 37.2 Å². The van der Waals surface area contributed by atoms with Gasteiger partial charge in [-0.2, -0.15) is 0 Å². The van der Waals surface area contributed by atoms with Gasteiger partial charge in [-0.25, -0.2) is 0 Å². The minimum Gasteiger partial charge on any atom is -0.386 e. The van der Waals surface area contributed by atoms with Crippen LogP contribution in [-0.4, -0.2) is 90.8 Å². The number of hydrogen-bond donors (Lipinski definition) is 2. The molecule has 0 bridgehead atoms. The van der Waals surface area contributed by atoms with Crippen LogP contribution in [0.15, 0.2) is 30.3 Å². The van der Waals surface area contributed by atoms with E-state index in [4.69, 9.17) is 9.47 Å². The fourth-order valence-electron chi connectivity index (χ4n) is 6.19. The van der Waals surface area contributed by atoms with Crippen molar-refractivity contribution < 1.29 is 29.0 Å². The van der Waals surface area contributed by atoms with E-state index in [0.717, 1.165) is 24.8 Å². The van der Waals surface area contributed by atoms with Crippen molar-refractivity contribution in [1.82, 2.24) is 15.1 Å². The topological polar surface area (TPSA) is 108 Å². The third-order valence-electron chi connectivity index (χ3n) is 8.87. The molecule has 42 heavy (non-hydrogen) atoms. The normalized spacial score (nSPS) is 20.4. The molecule has 2 rings (SSSR count). The molecule has 1 unspecified atom stereocenters. The largest absolute Gasteiger partial charge is 0.386 e. The smallest absolute Gasteiger partial charge is 0.225 e. The summed E-state index contributed by atoms with van der Waals surface area (Å²) in [5.41, 5.74) is 0.730. The molecule has 1 aromatic carbocycles. The molecule has 1 fully saturated rings. The number of carbonyl (C=O) groups is 3. The van der Waals surface area contributed by atoms with Crippen molar-refractivity contribution in [1.29, 1.82) is 0 Å². The van der Waals surface area contributed by atoms with Crippen molar-refractivity contribution in [3.05, 3.63) is 35.9 Å². The molecule has 9 heteroatoms. The summed E-state index contributed by atoms with van der Waals surface area (Å²) < 4.78 is 11.8. The lowest BCUT2D eigenvalue weighted by molar-refractivity contribution is -0.146. The van der Waals surface area contributed by atoms with Gasteiger partial charge in [-0.3, -0.25) is 14.4 Å². The number of hydrogen-bond acceptors (Lipinski definition) is 6. The van der Waals surface area contributed by atoms with Gasteiger partial charge in [-0.15, -0.1) is 0 Å². The summed E-state index contributed by atoms with van der Waals surface area (Å²) in [5, 5.41) is 13.7. The Bertz CT molecular complexity index is 989. The van der Waals surface area contributed by atoms with E-state index in [9.17, 15) is 19.5 Å². The number of likely N-dealkylation sites (N-methyl/N-ethyl adjacent to an activating group) is 1. The Morgan fingerprint density at radius 2 is 1.69 bits per heavy atom. The predicted molar refractivity (Wildman–Crippen MR) is 165 cm³/mol. The second kappa shape index (κ2) is 17.0. The molecule has 1 aliphatic heterocycles. The maximum Gasteiger partial charge on any atom is 0.225 e. The van der Waals surface area contributed by atoms with E-state index in [1.54, 1.807) is 33.0 Å². The quantitative estimate of drug-likeness (QED) is 0.299. The van der Waals surface area contributed by atoms with Crippen LogP contribution in [-0.2, 0) is 23.9 Å². The lowest BCUT2D eigenvalue weighted by Crippen LogP contribution is -2.53. The average molecular weight is 590 g/mol. The van der Waals surface area contributed by atoms with Crippen molar-refractivity contribution in [3.8, 4) is 0 Å². The highest BCUT2D eigenvalue weighted by molar-refractivity contribution is 5.81. The zero-order valence-corrected chi connectivity index (χ0v) is 27.2. The van der Waals surface area contributed by atoms with E-state index >= 15 is 0 Å². The first-order valence-corrected chi connectivity index (χ1v) is 15.5. The molecule has 0 aromatic heterocycles. The van der Waals surface area contributed by atoms with E-state index in [-0.39, 0.29) is 48.1 Å². The molecule has 2 N–H and O–H groups in total. The van der Waals surface area contributed by atoms with Gasteiger partial charge in [0, 0.05) is 34.2 Å². The molecule has 0 saturated carbocycles. The molecule has 238 valence electrons. The lowest BCUT2D eigenvalue weighted by Gasteiger charge is -2.39. The second-order valence-electron chi connectivity index (χ2n) is 12.4. The fraction of sp³-hybridized carbons (Fsp3) is 0.727. The number of methoxy groups -OCH3 is 2. The Labute approximate surface area is 253 Å². The lowest BCUT2D eigenvalue weighted by atomic mass is 9.90. The van der Waals surface area contributed by atoms with Crippen LogP contribution in [0, 0.1) is 17.8 Å². The Morgan fingerprint density at radius 3 is 2.24 bits per heavy atom. The Kier molecular flexibility index (Phi) is 14.4. The van der Waals surface area contributed by atoms with Crippen LogP contribution in [0.1, 0.15) is 85.3 Å². The summed E-state index contributed by atoms with van der Waals surface area (Å²) in [6.45, 7) is 12.4. The number of rotatable bonds is 16. The number of aliphatic hydroxyl groups excluding tert-OH is 1.